The van der Waals surface area contributed by atoms with Crippen LogP contribution in [0, 0.1) is 0 Å². The molecule has 0 radical (unpaired) electrons. The summed E-state index contributed by atoms with van der Waals surface area (Å²) in [6.07, 6.45) is -0.611. The van der Waals surface area contributed by atoms with Crippen LogP contribution in [0.15, 0.2) is 77.7 Å². The number of ether oxygens (including phenoxy) is 3. The van der Waals surface area contributed by atoms with Gasteiger partial charge in [-0.3, -0.25) is 4.79 Å². The third kappa shape index (κ3) is 8.80. The van der Waals surface area contributed by atoms with Gasteiger partial charge < -0.3 is 35.1 Å². The Bertz CT molecular complexity index is 1350. The van der Waals surface area contributed by atoms with E-state index < -0.39 is 24.3 Å². The minimum Gasteiger partial charge on any atom is -0.478 e. The van der Waals surface area contributed by atoms with Gasteiger partial charge in [-0.25, -0.2) is 9.59 Å². The lowest BCUT2D eigenvalue weighted by Crippen LogP contribution is -2.38. The van der Waals surface area contributed by atoms with E-state index in [2.05, 4.69) is 10.6 Å². The van der Waals surface area contributed by atoms with E-state index in [1.165, 1.54) is 11.8 Å². The first-order chi connectivity index (χ1) is 20.4. The predicted octanol–water partition coefficient (Wildman–Crippen LogP) is 4.58. The molecule has 3 atom stereocenters. The molecular formula is C31H34N2O8S. The molecule has 0 saturated carbocycles. The Labute approximate surface area is 248 Å². The van der Waals surface area contributed by atoms with Gasteiger partial charge in [-0.1, -0.05) is 60.7 Å². The minimum absolute atomic E-state index is 0.0476. The molecule has 4 N–H and O–H groups in total. The Morgan fingerprint density at radius 2 is 1.62 bits per heavy atom. The first kappa shape index (κ1) is 31.0. The highest BCUT2D eigenvalue weighted by atomic mass is 32.2. The van der Waals surface area contributed by atoms with Crippen molar-refractivity contribution in [2.45, 2.75) is 49.9 Å². The number of carboxylic acid groups (broad SMARTS) is 1. The first-order valence-electron chi connectivity index (χ1n) is 13.6. The Kier molecular flexibility index (Phi) is 11.4. The molecule has 2 amide bonds. The molecule has 4 rings (SSSR count). The van der Waals surface area contributed by atoms with Crippen molar-refractivity contribution in [3.8, 4) is 0 Å². The zero-order valence-electron chi connectivity index (χ0n) is 23.2. The summed E-state index contributed by atoms with van der Waals surface area (Å²) in [6.45, 7) is 1.94. The zero-order valence-corrected chi connectivity index (χ0v) is 24.0. The molecule has 3 aromatic carbocycles. The van der Waals surface area contributed by atoms with Gasteiger partial charge >= 0.3 is 18.0 Å². The Hall–Kier alpha value is -3.90. The molecule has 1 fully saturated rings. The highest BCUT2D eigenvalue weighted by molar-refractivity contribution is 7.99. The molecule has 0 aromatic heterocycles. The number of benzene rings is 3. The monoisotopic (exact) mass is 594 g/mol. The van der Waals surface area contributed by atoms with Crippen molar-refractivity contribution in [3.63, 3.8) is 0 Å². The molecule has 11 heteroatoms. The smallest absolute Gasteiger partial charge is 0.336 e. The Morgan fingerprint density at radius 3 is 2.31 bits per heavy atom. The summed E-state index contributed by atoms with van der Waals surface area (Å²) < 4.78 is 17.5. The molecule has 42 heavy (non-hydrogen) atoms. The second-order valence-electron chi connectivity index (χ2n) is 9.55. The van der Waals surface area contributed by atoms with Crippen LogP contribution < -0.4 is 10.6 Å². The highest BCUT2D eigenvalue weighted by Crippen LogP contribution is 2.39. The van der Waals surface area contributed by atoms with Crippen molar-refractivity contribution in [2.24, 2.45) is 0 Å². The number of urea groups is 1. The van der Waals surface area contributed by atoms with Gasteiger partial charge in [-0.2, -0.15) is 0 Å². The topological polar surface area (TPSA) is 143 Å². The van der Waals surface area contributed by atoms with Crippen LogP contribution >= 0.6 is 11.8 Å². The van der Waals surface area contributed by atoms with E-state index >= 15 is 0 Å². The van der Waals surface area contributed by atoms with Gasteiger partial charge in [0, 0.05) is 29.2 Å². The second-order valence-corrected chi connectivity index (χ2v) is 10.6. The summed E-state index contributed by atoms with van der Waals surface area (Å²) in [5, 5.41) is 24.1. The fourth-order valence-corrected chi connectivity index (χ4v) is 5.44. The van der Waals surface area contributed by atoms with Gasteiger partial charge in [0.2, 0.25) is 0 Å². The van der Waals surface area contributed by atoms with Gasteiger partial charge in [0.05, 0.1) is 31.0 Å². The number of amides is 2. The molecular weight excluding hydrogens is 560 g/mol. The molecule has 222 valence electrons. The molecule has 1 aliphatic heterocycles. The van der Waals surface area contributed by atoms with Gasteiger partial charge in [0.25, 0.3) is 0 Å². The van der Waals surface area contributed by atoms with E-state index in [1.807, 2.05) is 54.6 Å². The van der Waals surface area contributed by atoms with Crippen molar-refractivity contribution in [1.29, 1.82) is 0 Å². The van der Waals surface area contributed by atoms with E-state index in [0.29, 0.717) is 17.1 Å². The summed E-state index contributed by atoms with van der Waals surface area (Å²) >= 11 is 1.43. The van der Waals surface area contributed by atoms with Crippen LogP contribution in [-0.4, -0.2) is 53.2 Å². The third-order valence-corrected chi connectivity index (χ3v) is 7.77. The molecule has 0 spiro atoms. The van der Waals surface area contributed by atoms with Crippen LogP contribution in [0.5, 0.6) is 0 Å². The summed E-state index contributed by atoms with van der Waals surface area (Å²) in [5.41, 5.74) is 3.65. The van der Waals surface area contributed by atoms with E-state index in [0.717, 1.165) is 22.3 Å². The lowest BCUT2D eigenvalue weighted by Gasteiger charge is -2.36. The molecule has 1 heterocycles. The third-order valence-electron chi connectivity index (χ3n) is 6.56. The number of aromatic carboxylic acids is 1. The number of esters is 1. The van der Waals surface area contributed by atoms with Gasteiger partial charge in [-0.15, -0.1) is 11.8 Å². The highest BCUT2D eigenvalue weighted by Gasteiger charge is 2.32. The average Bonchev–Trinajstić information content (AvgIpc) is 3.02. The number of aliphatic hydroxyl groups excluding tert-OH is 1. The van der Waals surface area contributed by atoms with Crippen LogP contribution in [-0.2, 0) is 32.2 Å². The molecule has 0 aliphatic carbocycles. The largest absolute Gasteiger partial charge is 0.478 e. The van der Waals surface area contributed by atoms with Crippen molar-refractivity contribution >= 4 is 29.7 Å². The molecule has 1 saturated heterocycles. The first-order valence-corrected chi connectivity index (χ1v) is 14.6. The van der Waals surface area contributed by atoms with E-state index in [4.69, 9.17) is 14.2 Å². The average molecular weight is 595 g/mol. The number of carbonyl (C=O) groups is 3. The zero-order chi connectivity index (χ0) is 29.9. The van der Waals surface area contributed by atoms with Gasteiger partial charge in [-0.05, 0) is 35.7 Å². The number of rotatable bonds is 12. The lowest BCUT2D eigenvalue weighted by molar-refractivity contribution is -0.245. The van der Waals surface area contributed by atoms with Crippen molar-refractivity contribution in [2.75, 3.05) is 18.9 Å². The number of hydrogen-bond acceptors (Lipinski definition) is 8. The summed E-state index contributed by atoms with van der Waals surface area (Å²) in [6, 6.07) is 21.5. The summed E-state index contributed by atoms with van der Waals surface area (Å²) in [4.78, 5) is 35.7. The fourth-order valence-electron chi connectivity index (χ4n) is 4.38. The fraction of sp³-hybridized carbons (Fsp3) is 0.323. The number of carboxylic acids is 1. The number of hydrogen-bond donors (Lipinski definition) is 4. The van der Waals surface area contributed by atoms with Crippen LogP contribution in [0.3, 0.4) is 0 Å². The van der Waals surface area contributed by atoms with Crippen molar-refractivity contribution in [3.05, 3.63) is 101 Å². The summed E-state index contributed by atoms with van der Waals surface area (Å²) in [7, 11) is 0. The number of thioether (sulfide) groups is 1. The van der Waals surface area contributed by atoms with Gasteiger partial charge in [0.15, 0.2) is 6.29 Å². The van der Waals surface area contributed by atoms with Crippen LogP contribution in [0.4, 0.5) is 4.79 Å². The summed E-state index contributed by atoms with van der Waals surface area (Å²) in [5.74, 6) is -0.954. The quantitative estimate of drug-likeness (QED) is 0.175. The van der Waals surface area contributed by atoms with Crippen LogP contribution in [0.2, 0.25) is 0 Å². The van der Waals surface area contributed by atoms with E-state index in [1.54, 1.807) is 25.1 Å². The second kappa shape index (κ2) is 15.4. The number of aliphatic hydroxyl groups is 1. The molecule has 0 unspecified atom stereocenters. The van der Waals surface area contributed by atoms with Crippen molar-refractivity contribution in [1.82, 2.24) is 10.6 Å². The maximum atomic E-state index is 12.0. The van der Waals surface area contributed by atoms with Crippen LogP contribution in [0.25, 0.3) is 0 Å². The maximum Gasteiger partial charge on any atom is 0.336 e. The Morgan fingerprint density at radius 1 is 0.929 bits per heavy atom. The SMILES string of the molecule is CCOC(=O)CNC(=O)NCc1ccc([C@H]2O[C@@H](CSc3ccccc3C(=O)O)C[C@@H](c3ccc(CO)cc3)O2)cc1. The molecule has 1 aliphatic rings. The normalized spacial score (nSPS) is 18.2. The van der Waals surface area contributed by atoms with Crippen LogP contribution in [0.1, 0.15) is 58.4 Å². The van der Waals surface area contributed by atoms with E-state index in [9.17, 15) is 24.6 Å². The Balaban J connectivity index is 1.43. The standard InChI is InChI=1S/C31H34N2O8S/c1-2-39-28(35)17-33-31(38)32-16-20-7-13-23(14-8-20)30-40-24(19-42-27-6-4-3-5-25(27)29(36)37)15-26(41-30)22-11-9-21(18-34)10-12-22/h3-14,24,26,30,34H,2,15-19H2,1H3,(H,36,37)(H2,32,33,38)/t24-,26+,30+/m1/s1. The van der Waals surface area contributed by atoms with E-state index in [-0.39, 0.29) is 44.1 Å². The maximum absolute atomic E-state index is 12.0. The molecule has 3 aromatic rings. The molecule has 10 nitrogen and oxygen atoms in total. The van der Waals surface area contributed by atoms with Gasteiger partial charge in [0.1, 0.15) is 6.54 Å². The minimum atomic E-state index is -0.975. The number of nitrogens with one attached hydrogen (secondary N) is 2. The van der Waals surface area contributed by atoms with Crippen molar-refractivity contribution < 1.29 is 38.8 Å². The predicted molar refractivity (Wildman–Crippen MR) is 156 cm³/mol. The number of carbonyl (C=O) groups excluding carboxylic acids is 2. The lowest BCUT2D eigenvalue weighted by atomic mass is 10.0. The molecule has 0 bridgehead atoms.